The Bertz CT molecular complexity index is 781. The molecule has 0 aliphatic carbocycles. The fraction of sp³-hybridized carbons (Fsp3) is 0.250. The summed E-state index contributed by atoms with van der Waals surface area (Å²) in [6.45, 7) is 3.84. The minimum absolute atomic E-state index is 0.209. The molecule has 3 rings (SSSR count). The lowest BCUT2D eigenvalue weighted by molar-refractivity contribution is 0.286. The Balaban J connectivity index is 1.95. The van der Waals surface area contributed by atoms with Crippen LogP contribution in [0.1, 0.15) is 17.5 Å². The summed E-state index contributed by atoms with van der Waals surface area (Å²) >= 11 is 0. The highest BCUT2D eigenvalue weighted by atomic mass is 16.3. The zero-order valence-electron chi connectivity index (χ0n) is 13.9. The van der Waals surface area contributed by atoms with Crippen molar-refractivity contribution in [3.63, 3.8) is 0 Å². The number of aliphatic hydroxyl groups excluding tert-OH is 1. The lowest BCUT2D eigenvalue weighted by Crippen LogP contribution is -2.15. The number of hydrogen-bond acceptors (Lipinski definition) is 3. The van der Waals surface area contributed by atoms with Gasteiger partial charge in [-0.3, -0.25) is 0 Å². The number of aryl methyl sites for hydroxylation is 1. The maximum atomic E-state index is 8.93. The van der Waals surface area contributed by atoms with Crippen molar-refractivity contribution in [3.05, 3.63) is 71.9 Å². The predicted molar refractivity (Wildman–Crippen MR) is 97.1 cm³/mol. The summed E-state index contributed by atoms with van der Waals surface area (Å²) in [6, 6.07) is 18.5. The summed E-state index contributed by atoms with van der Waals surface area (Å²) in [6.07, 6.45) is 2.84. The van der Waals surface area contributed by atoms with Crippen LogP contribution in [0.5, 0.6) is 0 Å². The van der Waals surface area contributed by atoms with Gasteiger partial charge in [-0.05, 0) is 37.6 Å². The molecule has 3 aromatic rings. The monoisotopic (exact) mass is 321 g/mol. The molecule has 0 aliphatic heterocycles. The van der Waals surface area contributed by atoms with Crippen molar-refractivity contribution >= 4 is 0 Å². The van der Waals surface area contributed by atoms with Crippen LogP contribution >= 0.6 is 0 Å². The first-order valence-corrected chi connectivity index (χ1v) is 8.31. The molecule has 4 heteroatoms. The first-order chi connectivity index (χ1) is 11.8. The van der Waals surface area contributed by atoms with E-state index in [1.807, 2.05) is 35.0 Å². The third-order valence-corrected chi connectivity index (χ3v) is 4.04. The zero-order valence-corrected chi connectivity index (χ0v) is 13.9. The number of hydrogen-bond donors (Lipinski definition) is 2. The van der Waals surface area contributed by atoms with Crippen LogP contribution in [0.2, 0.25) is 0 Å². The van der Waals surface area contributed by atoms with Gasteiger partial charge in [-0.1, -0.05) is 42.5 Å². The van der Waals surface area contributed by atoms with Gasteiger partial charge in [0.25, 0.3) is 0 Å². The molecule has 0 spiro atoms. The van der Waals surface area contributed by atoms with Gasteiger partial charge in [0.2, 0.25) is 0 Å². The normalized spacial score (nSPS) is 10.9. The van der Waals surface area contributed by atoms with Crippen molar-refractivity contribution in [1.29, 1.82) is 0 Å². The van der Waals surface area contributed by atoms with Crippen molar-refractivity contribution in [2.75, 3.05) is 13.2 Å². The van der Waals surface area contributed by atoms with E-state index in [9.17, 15) is 0 Å². The Labute approximate surface area is 142 Å². The van der Waals surface area contributed by atoms with Crippen LogP contribution in [0.15, 0.2) is 60.8 Å². The number of para-hydroxylation sites is 1. The molecule has 0 atom stereocenters. The molecule has 24 heavy (non-hydrogen) atoms. The van der Waals surface area contributed by atoms with Gasteiger partial charge in [0.1, 0.15) is 0 Å². The van der Waals surface area contributed by atoms with Crippen molar-refractivity contribution in [2.24, 2.45) is 0 Å². The molecule has 0 unspecified atom stereocenters. The average molecular weight is 321 g/mol. The third kappa shape index (κ3) is 3.72. The topological polar surface area (TPSA) is 50.1 Å². The van der Waals surface area contributed by atoms with Crippen molar-refractivity contribution in [1.82, 2.24) is 15.1 Å². The fourth-order valence-electron chi connectivity index (χ4n) is 2.74. The van der Waals surface area contributed by atoms with Gasteiger partial charge in [-0.25, -0.2) is 4.68 Å². The van der Waals surface area contributed by atoms with E-state index >= 15 is 0 Å². The van der Waals surface area contributed by atoms with Gasteiger partial charge in [-0.15, -0.1) is 0 Å². The van der Waals surface area contributed by atoms with Crippen molar-refractivity contribution in [2.45, 2.75) is 19.9 Å². The predicted octanol–water partition coefficient (Wildman–Crippen LogP) is 3.32. The van der Waals surface area contributed by atoms with Crippen LogP contribution < -0.4 is 5.32 Å². The SMILES string of the molecule is Cc1ccccc1-c1nn(-c2ccccc2)cc1CNCCCO. The first kappa shape index (κ1) is 16.4. The maximum absolute atomic E-state index is 8.93. The van der Waals surface area contributed by atoms with Crippen LogP contribution in [0.3, 0.4) is 0 Å². The highest BCUT2D eigenvalue weighted by Gasteiger charge is 2.13. The number of rotatable bonds is 7. The lowest BCUT2D eigenvalue weighted by atomic mass is 10.0. The number of aliphatic hydroxyl groups is 1. The van der Waals surface area contributed by atoms with Gasteiger partial charge in [0.15, 0.2) is 0 Å². The van der Waals surface area contributed by atoms with E-state index in [4.69, 9.17) is 10.2 Å². The second-order valence-corrected chi connectivity index (χ2v) is 5.85. The Kier molecular flexibility index (Phi) is 5.41. The Morgan fingerprint density at radius 2 is 1.79 bits per heavy atom. The Hall–Kier alpha value is -2.43. The molecule has 2 N–H and O–H groups in total. The summed E-state index contributed by atoms with van der Waals surface area (Å²) in [5.74, 6) is 0. The molecule has 0 amide bonds. The summed E-state index contributed by atoms with van der Waals surface area (Å²) in [7, 11) is 0. The summed E-state index contributed by atoms with van der Waals surface area (Å²) in [5, 5.41) is 17.2. The molecular weight excluding hydrogens is 298 g/mol. The van der Waals surface area contributed by atoms with E-state index in [-0.39, 0.29) is 6.61 Å². The molecule has 0 saturated heterocycles. The molecular formula is C20H23N3O. The molecule has 1 heterocycles. The molecule has 0 radical (unpaired) electrons. The average Bonchev–Trinajstić information content (AvgIpc) is 3.04. The lowest BCUT2D eigenvalue weighted by Gasteiger charge is -2.06. The molecule has 0 aliphatic rings. The molecule has 4 nitrogen and oxygen atoms in total. The van der Waals surface area contributed by atoms with Gasteiger partial charge in [-0.2, -0.15) is 5.10 Å². The standard InChI is InChI=1S/C20H23N3O/c1-16-8-5-6-11-19(16)20-17(14-21-12-7-13-24)15-23(22-20)18-9-3-2-4-10-18/h2-6,8-11,15,21,24H,7,12-14H2,1H3. The van der Waals surface area contributed by atoms with Crippen molar-refractivity contribution < 1.29 is 5.11 Å². The first-order valence-electron chi connectivity index (χ1n) is 8.31. The van der Waals surface area contributed by atoms with E-state index in [2.05, 4.69) is 42.7 Å². The van der Waals surface area contributed by atoms with E-state index in [0.29, 0.717) is 0 Å². The number of aromatic nitrogens is 2. The molecule has 0 bridgehead atoms. The van der Waals surface area contributed by atoms with Crippen LogP contribution in [-0.4, -0.2) is 28.0 Å². The fourth-order valence-corrected chi connectivity index (χ4v) is 2.74. The second kappa shape index (κ2) is 7.90. The maximum Gasteiger partial charge on any atom is 0.0975 e. The number of nitrogens with zero attached hydrogens (tertiary/aromatic N) is 2. The second-order valence-electron chi connectivity index (χ2n) is 5.85. The smallest absolute Gasteiger partial charge is 0.0975 e. The highest BCUT2D eigenvalue weighted by Crippen LogP contribution is 2.26. The van der Waals surface area contributed by atoms with E-state index < -0.39 is 0 Å². The molecule has 1 aromatic heterocycles. The van der Waals surface area contributed by atoms with Crippen molar-refractivity contribution in [3.8, 4) is 16.9 Å². The summed E-state index contributed by atoms with van der Waals surface area (Å²) in [4.78, 5) is 0. The Morgan fingerprint density at radius 3 is 2.54 bits per heavy atom. The van der Waals surface area contributed by atoms with Gasteiger partial charge in [0.05, 0.1) is 11.4 Å². The minimum Gasteiger partial charge on any atom is -0.396 e. The highest BCUT2D eigenvalue weighted by molar-refractivity contribution is 5.66. The molecule has 124 valence electrons. The van der Waals surface area contributed by atoms with Gasteiger partial charge < -0.3 is 10.4 Å². The van der Waals surface area contributed by atoms with Gasteiger partial charge in [0, 0.05) is 30.5 Å². The van der Waals surface area contributed by atoms with Crippen LogP contribution in [0.25, 0.3) is 16.9 Å². The number of nitrogens with one attached hydrogen (secondary N) is 1. The van der Waals surface area contributed by atoms with Crippen LogP contribution in [-0.2, 0) is 6.54 Å². The van der Waals surface area contributed by atoms with E-state index in [1.54, 1.807) is 0 Å². The van der Waals surface area contributed by atoms with Crippen LogP contribution in [0.4, 0.5) is 0 Å². The molecule has 0 saturated carbocycles. The Morgan fingerprint density at radius 1 is 1.04 bits per heavy atom. The quantitative estimate of drug-likeness (QED) is 0.656. The van der Waals surface area contributed by atoms with Gasteiger partial charge >= 0.3 is 0 Å². The largest absolute Gasteiger partial charge is 0.396 e. The van der Waals surface area contributed by atoms with E-state index in [1.165, 1.54) is 5.56 Å². The molecule has 0 fully saturated rings. The zero-order chi connectivity index (χ0) is 16.8. The summed E-state index contributed by atoms with van der Waals surface area (Å²) in [5.41, 5.74) is 5.59. The van der Waals surface area contributed by atoms with Crippen LogP contribution in [0, 0.1) is 6.92 Å². The molecule has 2 aromatic carbocycles. The van der Waals surface area contributed by atoms with E-state index in [0.717, 1.165) is 42.0 Å². The minimum atomic E-state index is 0.209. The number of benzene rings is 2. The third-order valence-electron chi connectivity index (χ3n) is 4.04. The summed E-state index contributed by atoms with van der Waals surface area (Å²) < 4.78 is 1.94.